The Hall–Kier alpha value is -2.80. The molecule has 7 heteroatoms. The second-order valence-electron chi connectivity index (χ2n) is 4.45. The van der Waals surface area contributed by atoms with Gasteiger partial charge < -0.3 is 11.1 Å². The minimum absolute atomic E-state index is 0.0369. The van der Waals surface area contributed by atoms with Crippen LogP contribution in [0.5, 0.6) is 0 Å². The summed E-state index contributed by atoms with van der Waals surface area (Å²) in [4.78, 5) is 26.5. The van der Waals surface area contributed by atoms with Crippen molar-refractivity contribution in [2.75, 3.05) is 5.32 Å². The number of hydrogen-bond acceptors (Lipinski definition) is 5. The molecule has 1 aromatic carbocycles. The van der Waals surface area contributed by atoms with Gasteiger partial charge in [0.25, 0.3) is 11.6 Å². The zero-order valence-electron chi connectivity index (χ0n) is 11.4. The lowest BCUT2D eigenvalue weighted by molar-refractivity contribution is -0.385. The number of nitro benzene ring substituents is 1. The molecule has 0 fully saturated rings. The molecule has 0 radical (unpaired) electrons. The molecule has 7 nitrogen and oxygen atoms in total. The summed E-state index contributed by atoms with van der Waals surface area (Å²) in [6.45, 7) is 1.87. The van der Waals surface area contributed by atoms with Crippen molar-refractivity contribution in [3.8, 4) is 0 Å². The zero-order chi connectivity index (χ0) is 15.4. The van der Waals surface area contributed by atoms with Crippen LogP contribution in [0.15, 0.2) is 36.5 Å². The molecule has 1 heterocycles. The summed E-state index contributed by atoms with van der Waals surface area (Å²) < 4.78 is 0. The molecule has 0 aliphatic carbocycles. The van der Waals surface area contributed by atoms with Crippen molar-refractivity contribution in [2.24, 2.45) is 5.73 Å². The Morgan fingerprint density at radius 1 is 1.38 bits per heavy atom. The molecule has 0 aliphatic rings. The predicted octanol–water partition coefficient (Wildman–Crippen LogP) is 2.01. The fraction of sp³-hybridized carbons (Fsp3) is 0.143. The number of carbonyl (C=O) groups is 1. The van der Waals surface area contributed by atoms with Gasteiger partial charge >= 0.3 is 0 Å². The molecule has 1 aromatic heterocycles. The molecule has 108 valence electrons. The molecule has 2 aromatic rings. The third kappa shape index (κ3) is 3.40. The smallest absolute Gasteiger partial charge is 0.274 e. The van der Waals surface area contributed by atoms with Crippen molar-refractivity contribution in [3.05, 3.63) is 63.5 Å². The van der Waals surface area contributed by atoms with Crippen molar-refractivity contribution in [2.45, 2.75) is 13.5 Å². The van der Waals surface area contributed by atoms with E-state index in [0.717, 1.165) is 0 Å². The van der Waals surface area contributed by atoms with E-state index in [2.05, 4.69) is 10.3 Å². The average Bonchev–Trinajstić information content (AvgIpc) is 2.49. The molecule has 0 spiro atoms. The van der Waals surface area contributed by atoms with Crippen LogP contribution in [0, 0.1) is 17.0 Å². The van der Waals surface area contributed by atoms with Gasteiger partial charge in [0, 0.05) is 35.6 Å². The Morgan fingerprint density at radius 2 is 2.14 bits per heavy atom. The maximum absolute atomic E-state index is 12.1. The van der Waals surface area contributed by atoms with Gasteiger partial charge in [-0.2, -0.15) is 0 Å². The topological polar surface area (TPSA) is 111 Å². The Bertz CT molecular complexity index is 700. The van der Waals surface area contributed by atoms with Gasteiger partial charge in [-0.15, -0.1) is 0 Å². The van der Waals surface area contributed by atoms with E-state index in [0.29, 0.717) is 22.5 Å². The third-order valence-electron chi connectivity index (χ3n) is 2.95. The van der Waals surface area contributed by atoms with Crippen LogP contribution in [0.3, 0.4) is 0 Å². The Kier molecular flexibility index (Phi) is 4.24. The van der Waals surface area contributed by atoms with Crippen molar-refractivity contribution >= 4 is 17.3 Å². The lowest BCUT2D eigenvalue weighted by Gasteiger charge is -2.07. The first-order chi connectivity index (χ1) is 10.0. The number of amides is 1. The van der Waals surface area contributed by atoms with Gasteiger partial charge in [0.15, 0.2) is 0 Å². The molecule has 0 aliphatic heterocycles. The summed E-state index contributed by atoms with van der Waals surface area (Å²) in [5.74, 6) is -0.370. The average molecular weight is 286 g/mol. The quantitative estimate of drug-likeness (QED) is 0.659. The lowest BCUT2D eigenvalue weighted by atomic mass is 10.1. The lowest BCUT2D eigenvalue weighted by Crippen LogP contribution is -2.13. The van der Waals surface area contributed by atoms with Crippen molar-refractivity contribution < 1.29 is 9.72 Å². The monoisotopic (exact) mass is 286 g/mol. The highest BCUT2D eigenvalue weighted by Gasteiger charge is 2.13. The SMILES string of the molecule is Cc1ccc(NC(=O)c2ccnc(CN)c2)cc1[N+](=O)[O-]. The van der Waals surface area contributed by atoms with Gasteiger partial charge in [-0.25, -0.2) is 0 Å². The van der Waals surface area contributed by atoms with E-state index in [9.17, 15) is 14.9 Å². The van der Waals surface area contributed by atoms with E-state index in [1.807, 2.05) is 0 Å². The fourth-order valence-corrected chi connectivity index (χ4v) is 1.82. The molecule has 0 saturated heterocycles. The standard InChI is InChI=1S/C14H14N4O3/c1-9-2-3-11(7-13(9)18(20)21)17-14(19)10-4-5-16-12(6-10)8-15/h2-7H,8,15H2,1H3,(H,17,19). The molecule has 1 amide bonds. The number of nitrogens with two attached hydrogens (primary N) is 1. The summed E-state index contributed by atoms with van der Waals surface area (Å²) in [6, 6.07) is 7.67. The molecular weight excluding hydrogens is 272 g/mol. The zero-order valence-corrected chi connectivity index (χ0v) is 11.4. The van der Waals surface area contributed by atoms with Crippen LogP contribution in [0.2, 0.25) is 0 Å². The van der Waals surface area contributed by atoms with E-state index in [1.165, 1.54) is 12.3 Å². The van der Waals surface area contributed by atoms with Crippen LogP contribution >= 0.6 is 0 Å². The highest BCUT2D eigenvalue weighted by Crippen LogP contribution is 2.22. The molecular formula is C14H14N4O3. The molecule has 2 rings (SSSR count). The highest BCUT2D eigenvalue weighted by atomic mass is 16.6. The van der Waals surface area contributed by atoms with Crippen LogP contribution < -0.4 is 11.1 Å². The first-order valence-corrected chi connectivity index (χ1v) is 6.22. The van der Waals surface area contributed by atoms with Crippen LogP contribution in [-0.2, 0) is 6.54 Å². The molecule has 0 atom stereocenters. The van der Waals surface area contributed by atoms with E-state index < -0.39 is 4.92 Å². The largest absolute Gasteiger partial charge is 0.325 e. The van der Waals surface area contributed by atoms with Gasteiger partial charge in [0.2, 0.25) is 0 Å². The van der Waals surface area contributed by atoms with Gasteiger partial charge in [0.05, 0.1) is 10.6 Å². The first-order valence-electron chi connectivity index (χ1n) is 6.22. The minimum Gasteiger partial charge on any atom is -0.325 e. The van der Waals surface area contributed by atoms with Crippen LogP contribution in [0.25, 0.3) is 0 Å². The number of hydrogen-bond donors (Lipinski definition) is 2. The third-order valence-corrected chi connectivity index (χ3v) is 2.95. The number of nitro groups is 1. The molecule has 0 saturated carbocycles. The number of nitrogens with one attached hydrogen (secondary N) is 1. The Morgan fingerprint density at radius 3 is 2.81 bits per heavy atom. The normalized spacial score (nSPS) is 10.2. The number of benzene rings is 1. The van der Waals surface area contributed by atoms with Crippen LogP contribution in [-0.4, -0.2) is 15.8 Å². The second kappa shape index (κ2) is 6.10. The summed E-state index contributed by atoms with van der Waals surface area (Å²) >= 11 is 0. The first kappa shape index (κ1) is 14.6. The number of pyridine rings is 1. The second-order valence-corrected chi connectivity index (χ2v) is 4.45. The highest BCUT2D eigenvalue weighted by molar-refractivity contribution is 6.04. The van der Waals surface area contributed by atoms with Gasteiger partial charge in [0.1, 0.15) is 0 Å². The summed E-state index contributed by atoms with van der Waals surface area (Å²) in [6.07, 6.45) is 1.49. The maximum atomic E-state index is 12.1. The predicted molar refractivity (Wildman–Crippen MR) is 77.9 cm³/mol. The van der Waals surface area contributed by atoms with Crippen LogP contribution in [0.1, 0.15) is 21.6 Å². The number of aromatic nitrogens is 1. The van der Waals surface area contributed by atoms with E-state index >= 15 is 0 Å². The van der Waals surface area contributed by atoms with Crippen molar-refractivity contribution in [1.82, 2.24) is 4.98 Å². The van der Waals surface area contributed by atoms with Gasteiger partial charge in [-0.3, -0.25) is 19.9 Å². The molecule has 0 bridgehead atoms. The minimum atomic E-state index is -0.482. The van der Waals surface area contributed by atoms with E-state index in [1.54, 1.807) is 31.2 Å². The summed E-state index contributed by atoms with van der Waals surface area (Å²) in [5, 5.41) is 13.5. The number of carbonyl (C=O) groups excluding carboxylic acids is 1. The van der Waals surface area contributed by atoms with Gasteiger partial charge in [-0.05, 0) is 25.1 Å². The van der Waals surface area contributed by atoms with Crippen molar-refractivity contribution in [3.63, 3.8) is 0 Å². The molecule has 0 unspecified atom stereocenters. The Balaban J connectivity index is 2.23. The number of nitrogens with zero attached hydrogens (tertiary/aromatic N) is 2. The van der Waals surface area contributed by atoms with E-state index in [4.69, 9.17) is 5.73 Å². The number of anilines is 1. The summed E-state index contributed by atoms with van der Waals surface area (Å²) in [5.41, 5.74) is 7.33. The van der Waals surface area contributed by atoms with Crippen molar-refractivity contribution in [1.29, 1.82) is 0 Å². The maximum Gasteiger partial charge on any atom is 0.274 e. The van der Waals surface area contributed by atoms with E-state index in [-0.39, 0.29) is 18.1 Å². The number of aryl methyl sites for hydroxylation is 1. The number of rotatable bonds is 4. The molecule has 21 heavy (non-hydrogen) atoms. The summed E-state index contributed by atoms with van der Waals surface area (Å²) in [7, 11) is 0. The Labute approximate surface area is 121 Å². The van der Waals surface area contributed by atoms with Crippen LogP contribution in [0.4, 0.5) is 11.4 Å². The fourth-order valence-electron chi connectivity index (χ4n) is 1.82. The van der Waals surface area contributed by atoms with Gasteiger partial charge in [-0.1, -0.05) is 6.07 Å². The molecule has 3 N–H and O–H groups in total.